The Labute approximate surface area is 162 Å². The third-order valence-corrected chi connectivity index (χ3v) is 5.51. The first kappa shape index (κ1) is 19.6. The SMILES string of the molecule is Cc1c(N2CCC(C)(N)C2)c(F)cn2c(=O)c(C(=O)O)cc(C3CC3)c12.Cl. The van der Waals surface area contributed by atoms with Gasteiger partial charge < -0.3 is 15.7 Å². The molecule has 1 atom stereocenters. The second-order valence-electron chi connectivity index (χ2n) is 7.89. The Hall–Kier alpha value is -2.12. The van der Waals surface area contributed by atoms with Gasteiger partial charge >= 0.3 is 5.97 Å². The van der Waals surface area contributed by atoms with E-state index in [4.69, 9.17) is 5.73 Å². The van der Waals surface area contributed by atoms with Crippen molar-refractivity contribution in [1.82, 2.24) is 4.40 Å². The number of fused-ring (bicyclic) bond motifs is 1. The number of carboxylic acids is 1. The van der Waals surface area contributed by atoms with E-state index in [9.17, 15) is 19.1 Å². The number of anilines is 1. The van der Waals surface area contributed by atoms with Gasteiger partial charge in [-0.3, -0.25) is 9.20 Å². The van der Waals surface area contributed by atoms with E-state index in [1.165, 1.54) is 10.5 Å². The van der Waals surface area contributed by atoms with Crippen LogP contribution in [-0.2, 0) is 0 Å². The topological polar surface area (TPSA) is 88.0 Å². The molecule has 0 spiro atoms. The van der Waals surface area contributed by atoms with Crippen molar-refractivity contribution in [2.24, 2.45) is 5.73 Å². The Kier molecular flexibility index (Phi) is 4.72. The molecule has 3 heterocycles. The van der Waals surface area contributed by atoms with E-state index in [2.05, 4.69) is 0 Å². The van der Waals surface area contributed by atoms with Crippen molar-refractivity contribution in [3.05, 3.63) is 45.1 Å². The van der Waals surface area contributed by atoms with Gasteiger partial charge in [-0.1, -0.05) is 0 Å². The lowest BCUT2D eigenvalue weighted by molar-refractivity contribution is 0.0694. The summed E-state index contributed by atoms with van der Waals surface area (Å²) in [6.45, 7) is 4.93. The molecular formula is C19H23ClFN3O3. The number of carboxylic acid groups (broad SMARTS) is 1. The molecule has 0 amide bonds. The molecular weight excluding hydrogens is 373 g/mol. The second kappa shape index (κ2) is 6.49. The lowest BCUT2D eigenvalue weighted by atomic mass is 10.0. The third-order valence-electron chi connectivity index (χ3n) is 5.51. The zero-order valence-corrected chi connectivity index (χ0v) is 16.1. The molecule has 2 aromatic heterocycles. The lowest BCUT2D eigenvalue weighted by Crippen LogP contribution is -2.39. The summed E-state index contributed by atoms with van der Waals surface area (Å²) in [4.78, 5) is 26.0. The van der Waals surface area contributed by atoms with E-state index in [1.54, 1.807) is 6.92 Å². The van der Waals surface area contributed by atoms with Crippen LogP contribution in [0, 0.1) is 12.7 Å². The minimum atomic E-state index is -1.29. The van der Waals surface area contributed by atoms with Gasteiger partial charge in [-0.25, -0.2) is 9.18 Å². The van der Waals surface area contributed by atoms with Crippen molar-refractivity contribution in [3.8, 4) is 0 Å². The number of carbonyl (C=O) groups is 1. The van der Waals surface area contributed by atoms with Crippen molar-refractivity contribution in [2.75, 3.05) is 18.0 Å². The third kappa shape index (κ3) is 3.19. The maximum Gasteiger partial charge on any atom is 0.341 e. The predicted molar refractivity (Wildman–Crippen MR) is 104 cm³/mol. The fraction of sp³-hybridized carbons (Fsp3) is 0.474. The van der Waals surface area contributed by atoms with Crippen LogP contribution in [0.5, 0.6) is 0 Å². The van der Waals surface area contributed by atoms with Crippen molar-refractivity contribution in [2.45, 2.75) is 44.6 Å². The lowest BCUT2D eigenvalue weighted by Gasteiger charge is -2.25. The molecule has 8 heteroatoms. The average molecular weight is 396 g/mol. The van der Waals surface area contributed by atoms with Crippen LogP contribution in [0.3, 0.4) is 0 Å². The van der Waals surface area contributed by atoms with E-state index >= 15 is 0 Å². The summed E-state index contributed by atoms with van der Waals surface area (Å²) >= 11 is 0. The van der Waals surface area contributed by atoms with Crippen LogP contribution < -0.4 is 16.2 Å². The zero-order chi connectivity index (χ0) is 18.8. The number of pyridine rings is 2. The zero-order valence-electron chi connectivity index (χ0n) is 15.3. The molecule has 1 aliphatic heterocycles. The number of rotatable bonds is 3. The Bertz CT molecular complexity index is 998. The smallest absolute Gasteiger partial charge is 0.341 e. The first-order valence-electron chi connectivity index (χ1n) is 8.85. The summed E-state index contributed by atoms with van der Waals surface area (Å²) in [5, 5.41) is 9.35. The van der Waals surface area contributed by atoms with Gasteiger partial charge in [0, 0.05) is 18.6 Å². The molecule has 1 saturated heterocycles. The summed E-state index contributed by atoms with van der Waals surface area (Å²) < 4.78 is 16.1. The first-order chi connectivity index (χ1) is 12.2. The van der Waals surface area contributed by atoms with Gasteiger partial charge in [-0.15, -0.1) is 12.4 Å². The maximum atomic E-state index is 15.0. The minimum Gasteiger partial charge on any atom is -0.477 e. The number of aromatic nitrogens is 1. The van der Waals surface area contributed by atoms with Crippen LogP contribution in [-0.4, -0.2) is 34.1 Å². The summed E-state index contributed by atoms with van der Waals surface area (Å²) in [6, 6.07) is 1.48. The highest BCUT2D eigenvalue weighted by molar-refractivity contribution is 5.89. The Morgan fingerprint density at radius 2 is 2.07 bits per heavy atom. The van der Waals surface area contributed by atoms with Crippen molar-refractivity contribution in [3.63, 3.8) is 0 Å². The summed E-state index contributed by atoms with van der Waals surface area (Å²) in [6.07, 6.45) is 3.79. The molecule has 2 aliphatic rings. The Balaban J connectivity index is 0.00000210. The van der Waals surface area contributed by atoms with E-state index in [-0.39, 0.29) is 29.4 Å². The Morgan fingerprint density at radius 1 is 1.41 bits per heavy atom. The highest BCUT2D eigenvalue weighted by atomic mass is 35.5. The monoisotopic (exact) mass is 395 g/mol. The molecule has 27 heavy (non-hydrogen) atoms. The van der Waals surface area contributed by atoms with Crippen LogP contribution in [0.2, 0.25) is 0 Å². The number of aromatic carboxylic acids is 1. The number of nitrogens with two attached hydrogens (primary N) is 1. The van der Waals surface area contributed by atoms with Crippen LogP contribution in [0.25, 0.3) is 5.52 Å². The average Bonchev–Trinajstić information content (AvgIpc) is 3.32. The quantitative estimate of drug-likeness (QED) is 0.834. The van der Waals surface area contributed by atoms with Crippen LogP contribution in [0.15, 0.2) is 17.1 Å². The summed E-state index contributed by atoms with van der Waals surface area (Å²) in [7, 11) is 0. The van der Waals surface area contributed by atoms with Gasteiger partial charge in [-0.2, -0.15) is 0 Å². The molecule has 0 bridgehead atoms. The van der Waals surface area contributed by atoms with E-state index in [0.29, 0.717) is 29.9 Å². The summed E-state index contributed by atoms with van der Waals surface area (Å²) in [5.74, 6) is -1.59. The van der Waals surface area contributed by atoms with Crippen LogP contribution >= 0.6 is 12.4 Å². The molecule has 6 nitrogen and oxygen atoms in total. The molecule has 146 valence electrons. The van der Waals surface area contributed by atoms with Gasteiger partial charge in [0.15, 0.2) is 5.82 Å². The molecule has 4 rings (SSSR count). The predicted octanol–water partition coefficient (Wildman–Crippen LogP) is 2.67. The molecule has 2 fully saturated rings. The van der Waals surface area contributed by atoms with Gasteiger partial charge in [0.2, 0.25) is 0 Å². The van der Waals surface area contributed by atoms with Gasteiger partial charge in [0.25, 0.3) is 5.56 Å². The summed E-state index contributed by atoms with van der Waals surface area (Å²) in [5.41, 5.74) is 7.38. The first-order valence-corrected chi connectivity index (χ1v) is 8.85. The number of hydrogen-bond donors (Lipinski definition) is 2. The molecule has 2 aromatic rings. The van der Waals surface area contributed by atoms with Gasteiger partial charge in [0.05, 0.1) is 17.4 Å². The van der Waals surface area contributed by atoms with E-state index < -0.39 is 17.3 Å². The number of hydrogen-bond acceptors (Lipinski definition) is 4. The van der Waals surface area contributed by atoms with E-state index in [1.807, 2.05) is 11.8 Å². The van der Waals surface area contributed by atoms with Gasteiger partial charge in [0.1, 0.15) is 5.56 Å². The van der Waals surface area contributed by atoms with Crippen LogP contribution in [0.1, 0.15) is 53.6 Å². The van der Waals surface area contributed by atoms with Crippen LogP contribution in [0.4, 0.5) is 10.1 Å². The maximum absolute atomic E-state index is 15.0. The fourth-order valence-electron chi connectivity index (χ4n) is 4.06. The fourth-order valence-corrected chi connectivity index (χ4v) is 4.06. The highest BCUT2D eigenvalue weighted by Gasteiger charge is 2.34. The van der Waals surface area contributed by atoms with E-state index in [0.717, 1.165) is 31.0 Å². The highest BCUT2D eigenvalue weighted by Crippen LogP contribution is 2.44. The largest absolute Gasteiger partial charge is 0.477 e. The molecule has 1 aliphatic carbocycles. The second-order valence-corrected chi connectivity index (χ2v) is 7.89. The van der Waals surface area contributed by atoms with Gasteiger partial charge in [-0.05, 0) is 56.2 Å². The van der Waals surface area contributed by atoms with Crippen molar-refractivity contribution >= 4 is 29.6 Å². The normalized spacial score (nSPS) is 22.1. The standard InChI is InChI=1S/C19H22FN3O3.ClH/c1-10-15-12(11-3-4-11)7-13(18(25)26)17(24)23(15)8-14(20)16(10)22-6-5-19(2,21)9-22;/h7-8,11H,3-6,9,21H2,1-2H3,(H,25,26);1H. The number of aryl methyl sites for hydroxylation is 1. The number of halogens is 2. The number of nitrogens with zero attached hydrogens (tertiary/aromatic N) is 2. The molecule has 3 N–H and O–H groups in total. The molecule has 1 unspecified atom stereocenters. The van der Waals surface area contributed by atoms with Crippen molar-refractivity contribution in [1.29, 1.82) is 0 Å². The Morgan fingerprint density at radius 3 is 2.59 bits per heavy atom. The minimum absolute atomic E-state index is 0. The molecule has 1 saturated carbocycles. The molecule has 0 aromatic carbocycles. The molecule has 0 radical (unpaired) electrons. The van der Waals surface area contributed by atoms with Crippen molar-refractivity contribution < 1.29 is 14.3 Å².